The molecule has 1 heterocycles. The van der Waals surface area contributed by atoms with Gasteiger partial charge in [0.1, 0.15) is 6.61 Å². The molecule has 2 aromatic carbocycles. The first kappa shape index (κ1) is 20.2. The number of nitrogens with one attached hydrogen (secondary N) is 1. The molecule has 1 aliphatic heterocycles. The molecule has 1 atom stereocenters. The second-order valence-electron chi connectivity index (χ2n) is 6.94. The summed E-state index contributed by atoms with van der Waals surface area (Å²) in [6, 6.07) is 15.9. The van der Waals surface area contributed by atoms with Gasteiger partial charge in [-0.05, 0) is 23.3 Å². The fourth-order valence-corrected chi connectivity index (χ4v) is 3.14. The van der Waals surface area contributed by atoms with Gasteiger partial charge in [-0.25, -0.2) is 0 Å². The zero-order chi connectivity index (χ0) is 19.8. The smallest absolute Gasteiger partial charge is 0.224 e. The quantitative estimate of drug-likeness (QED) is 0.758. The number of methoxy groups -OCH3 is 1. The van der Waals surface area contributed by atoms with Crippen LogP contribution in [0.5, 0.6) is 11.5 Å². The topological polar surface area (TPSA) is 60.0 Å². The molecular formula is C22H28N2O4. The highest BCUT2D eigenvalue weighted by atomic mass is 16.5. The highest BCUT2D eigenvalue weighted by Crippen LogP contribution is 2.29. The molecule has 1 fully saturated rings. The molecule has 1 unspecified atom stereocenters. The van der Waals surface area contributed by atoms with Gasteiger partial charge in [0.25, 0.3) is 0 Å². The van der Waals surface area contributed by atoms with Crippen LogP contribution in [-0.2, 0) is 22.7 Å². The van der Waals surface area contributed by atoms with E-state index in [-0.39, 0.29) is 11.9 Å². The van der Waals surface area contributed by atoms with Crippen LogP contribution in [0, 0.1) is 0 Å². The Hall–Kier alpha value is -2.57. The molecule has 0 bridgehead atoms. The number of morpholine rings is 1. The van der Waals surface area contributed by atoms with Gasteiger partial charge in [0.2, 0.25) is 5.91 Å². The molecule has 0 spiro atoms. The van der Waals surface area contributed by atoms with Crippen LogP contribution >= 0.6 is 0 Å². The summed E-state index contributed by atoms with van der Waals surface area (Å²) in [7, 11) is 3.44. The Kier molecular flexibility index (Phi) is 7.28. The average Bonchev–Trinajstić information content (AvgIpc) is 2.74. The van der Waals surface area contributed by atoms with E-state index in [0.717, 1.165) is 17.7 Å². The van der Waals surface area contributed by atoms with Crippen molar-refractivity contribution < 1.29 is 19.0 Å². The third-order valence-electron chi connectivity index (χ3n) is 4.73. The van der Waals surface area contributed by atoms with Crippen molar-refractivity contribution in [3.63, 3.8) is 0 Å². The zero-order valence-electron chi connectivity index (χ0n) is 16.5. The van der Waals surface area contributed by atoms with Crippen molar-refractivity contribution in [2.75, 3.05) is 33.9 Å². The van der Waals surface area contributed by atoms with Crippen molar-refractivity contribution in [2.24, 2.45) is 0 Å². The molecule has 1 N–H and O–H groups in total. The molecule has 1 saturated heterocycles. The van der Waals surface area contributed by atoms with Gasteiger partial charge in [-0.15, -0.1) is 0 Å². The van der Waals surface area contributed by atoms with Gasteiger partial charge in [-0.3, -0.25) is 4.79 Å². The minimum absolute atomic E-state index is 0.0892. The Balaban J connectivity index is 1.57. The predicted molar refractivity (Wildman–Crippen MR) is 107 cm³/mol. The Morgan fingerprint density at radius 2 is 2.00 bits per heavy atom. The lowest BCUT2D eigenvalue weighted by molar-refractivity contribution is -0.131. The van der Waals surface area contributed by atoms with Gasteiger partial charge in [-0.2, -0.15) is 0 Å². The molecule has 28 heavy (non-hydrogen) atoms. The van der Waals surface area contributed by atoms with Gasteiger partial charge in [0, 0.05) is 32.6 Å². The largest absolute Gasteiger partial charge is 0.493 e. The maximum Gasteiger partial charge on any atom is 0.224 e. The van der Waals surface area contributed by atoms with Crippen molar-refractivity contribution in [2.45, 2.75) is 25.6 Å². The molecule has 6 nitrogen and oxygen atoms in total. The van der Waals surface area contributed by atoms with Crippen LogP contribution in [0.15, 0.2) is 48.5 Å². The van der Waals surface area contributed by atoms with Crippen LogP contribution < -0.4 is 14.8 Å². The number of ether oxygens (including phenoxy) is 3. The van der Waals surface area contributed by atoms with Crippen molar-refractivity contribution in [3.8, 4) is 11.5 Å². The minimum Gasteiger partial charge on any atom is -0.493 e. The van der Waals surface area contributed by atoms with Gasteiger partial charge >= 0.3 is 0 Å². The summed E-state index contributed by atoms with van der Waals surface area (Å²) < 4.78 is 16.8. The average molecular weight is 384 g/mol. The summed E-state index contributed by atoms with van der Waals surface area (Å²) in [5.74, 6) is 1.44. The van der Waals surface area contributed by atoms with Crippen LogP contribution in [-0.4, -0.2) is 50.8 Å². The second-order valence-corrected chi connectivity index (χ2v) is 6.94. The molecule has 1 amide bonds. The molecular weight excluding hydrogens is 356 g/mol. The van der Waals surface area contributed by atoms with E-state index in [1.54, 1.807) is 12.0 Å². The zero-order valence-corrected chi connectivity index (χ0v) is 16.5. The number of benzene rings is 2. The van der Waals surface area contributed by atoms with Gasteiger partial charge < -0.3 is 24.4 Å². The van der Waals surface area contributed by atoms with Gasteiger partial charge in [0.15, 0.2) is 11.5 Å². The summed E-state index contributed by atoms with van der Waals surface area (Å²) in [4.78, 5) is 14.2. The maximum atomic E-state index is 12.5. The van der Waals surface area contributed by atoms with Crippen LogP contribution in [0.4, 0.5) is 0 Å². The molecule has 150 valence electrons. The first-order chi connectivity index (χ1) is 13.7. The van der Waals surface area contributed by atoms with E-state index >= 15 is 0 Å². The highest BCUT2D eigenvalue weighted by Gasteiger charge is 2.19. The van der Waals surface area contributed by atoms with Crippen molar-refractivity contribution in [1.82, 2.24) is 10.2 Å². The number of hydrogen-bond acceptors (Lipinski definition) is 5. The SMILES string of the molecule is COc1cc(CN(C)C(=O)CC2COCCN2)ccc1OCc1ccccc1. The monoisotopic (exact) mass is 384 g/mol. The first-order valence-corrected chi connectivity index (χ1v) is 9.54. The van der Waals surface area contributed by atoms with E-state index < -0.39 is 0 Å². The van der Waals surface area contributed by atoms with Crippen LogP contribution in [0.25, 0.3) is 0 Å². The molecule has 1 aliphatic rings. The normalized spacial score (nSPS) is 16.4. The van der Waals surface area contributed by atoms with Gasteiger partial charge in [-0.1, -0.05) is 36.4 Å². The number of rotatable bonds is 8. The molecule has 3 rings (SSSR count). The summed E-state index contributed by atoms with van der Waals surface area (Å²) in [5, 5.41) is 3.31. The lowest BCUT2D eigenvalue weighted by atomic mass is 10.1. The van der Waals surface area contributed by atoms with Crippen LogP contribution in [0.2, 0.25) is 0 Å². The lowest BCUT2D eigenvalue weighted by Crippen LogP contribution is -2.44. The van der Waals surface area contributed by atoms with E-state index in [9.17, 15) is 4.79 Å². The summed E-state index contributed by atoms with van der Waals surface area (Å²) in [6.07, 6.45) is 0.436. The molecule has 0 saturated carbocycles. The minimum atomic E-state index is 0.0892. The van der Waals surface area contributed by atoms with Crippen LogP contribution in [0.3, 0.4) is 0 Å². The molecule has 0 radical (unpaired) electrons. The number of carbonyl (C=O) groups is 1. The summed E-state index contributed by atoms with van der Waals surface area (Å²) in [6.45, 7) is 3.08. The third kappa shape index (κ3) is 5.71. The summed E-state index contributed by atoms with van der Waals surface area (Å²) in [5.41, 5.74) is 2.09. The fraction of sp³-hybridized carbons (Fsp3) is 0.409. The molecule has 6 heteroatoms. The summed E-state index contributed by atoms with van der Waals surface area (Å²) >= 11 is 0. The molecule has 2 aromatic rings. The van der Waals surface area contributed by atoms with Crippen molar-refractivity contribution >= 4 is 5.91 Å². The van der Waals surface area contributed by atoms with E-state index in [0.29, 0.717) is 44.3 Å². The number of carbonyl (C=O) groups excluding carboxylic acids is 1. The van der Waals surface area contributed by atoms with Crippen LogP contribution in [0.1, 0.15) is 17.5 Å². The van der Waals surface area contributed by atoms with Crippen molar-refractivity contribution in [1.29, 1.82) is 0 Å². The van der Waals surface area contributed by atoms with E-state index in [2.05, 4.69) is 5.32 Å². The second kappa shape index (κ2) is 10.1. The van der Waals surface area contributed by atoms with Crippen molar-refractivity contribution in [3.05, 3.63) is 59.7 Å². The Labute approximate surface area is 166 Å². The standard InChI is InChI=1S/C22H28N2O4/c1-24(22(25)13-19-16-27-11-10-23-19)14-18-8-9-20(21(12-18)26-2)28-15-17-6-4-3-5-7-17/h3-9,12,19,23H,10-11,13-16H2,1-2H3. The van der Waals surface area contributed by atoms with Gasteiger partial charge in [0.05, 0.1) is 20.3 Å². The Bertz CT molecular complexity index is 760. The number of hydrogen-bond donors (Lipinski definition) is 1. The maximum absolute atomic E-state index is 12.5. The van der Waals surface area contributed by atoms with E-state index in [4.69, 9.17) is 14.2 Å². The molecule has 0 aromatic heterocycles. The highest BCUT2D eigenvalue weighted by molar-refractivity contribution is 5.76. The lowest BCUT2D eigenvalue weighted by Gasteiger charge is -2.26. The number of amides is 1. The Morgan fingerprint density at radius 1 is 1.18 bits per heavy atom. The number of nitrogens with zero attached hydrogens (tertiary/aromatic N) is 1. The fourth-order valence-electron chi connectivity index (χ4n) is 3.14. The van der Waals surface area contributed by atoms with E-state index in [1.807, 2.05) is 55.6 Å². The Morgan fingerprint density at radius 3 is 2.71 bits per heavy atom. The predicted octanol–water partition coefficient (Wildman–Crippen LogP) is 2.61. The first-order valence-electron chi connectivity index (χ1n) is 9.54. The third-order valence-corrected chi connectivity index (χ3v) is 4.73. The van der Waals surface area contributed by atoms with E-state index in [1.165, 1.54) is 0 Å². The molecule has 0 aliphatic carbocycles.